The molecule has 1 rings (SSSR count). The van der Waals surface area contributed by atoms with Crippen molar-refractivity contribution in [2.45, 2.75) is 37.3 Å². The van der Waals surface area contributed by atoms with Gasteiger partial charge in [-0.15, -0.1) is 0 Å². The highest BCUT2D eigenvalue weighted by atomic mass is 32.2. The summed E-state index contributed by atoms with van der Waals surface area (Å²) in [4.78, 5) is 11.3. The van der Waals surface area contributed by atoms with Crippen LogP contribution < -0.4 is 10.5 Å². The number of nitrogens with zero attached hydrogens (tertiary/aromatic N) is 1. The molecule has 0 aromatic carbocycles. The number of hydrogen-bond donors (Lipinski definition) is 3. The van der Waals surface area contributed by atoms with Crippen LogP contribution in [0.4, 0.5) is 13.2 Å². The number of H-pyrrole nitrogens is 1. The van der Waals surface area contributed by atoms with E-state index < -0.39 is 39.1 Å². The average molecular weight is 328 g/mol. The molecule has 7 nitrogen and oxygen atoms in total. The van der Waals surface area contributed by atoms with E-state index >= 15 is 0 Å². The molecule has 0 spiro atoms. The lowest BCUT2D eigenvalue weighted by Gasteiger charge is -2.07. The number of primary sulfonamides is 1. The zero-order valence-corrected chi connectivity index (χ0v) is 11.9. The third-order valence-corrected chi connectivity index (χ3v) is 3.63. The van der Waals surface area contributed by atoms with Crippen molar-refractivity contribution < 1.29 is 26.4 Å². The van der Waals surface area contributed by atoms with Gasteiger partial charge in [0.1, 0.15) is 4.90 Å². The van der Waals surface area contributed by atoms with E-state index in [4.69, 9.17) is 5.14 Å². The largest absolute Gasteiger partial charge is 0.389 e. The molecule has 21 heavy (non-hydrogen) atoms. The van der Waals surface area contributed by atoms with Gasteiger partial charge in [-0.1, -0.05) is 0 Å². The van der Waals surface area contributed by atoms with Gasteiger partial charge in [-0.05, 0) is 19.8 Å². The van der Waals surface area contributed by atoms with Crippen LogP contribution in [0.15, 0.2) is 4.90 Å². The van der Waals surface area contributed by atoms with Crippen molar-refractivity contribution in [1.29, 1.82) is 0 Å². The Bertz CT molecular complexity index is 610. The third kappa shape index (κ3) is 5.34. The van der Waals surface area contributed by atoms with Crippen molar-refractivity contribution in [3.63, 3.8) is 0 Å². The molecule has 0 saturated carbocycles. The second kappa shape index (κ2) is 6.43. The van der Waals surface area contributed by atoms with E-state index in [0.29, 0.717) is 0 Å². The summed E-state index contributed by atoms with van der Waals surface area (Å²) in [5.74, 6) is -0.810. The Labute approximate surface area is 119 Å². The fraction of sp³-hybridized carbons (Fsp3) is 0.600. The van der Waals surface area contributed by atoms with Crippen molar-refractivity contribution >= 4 is 15.9 Å². The second-order valence-corrected chi connectivity index (χ2v) is 5.90. The van der Waals surface area contributed by atoms with Gasteiger partial charge in [0.2, 0.25) is 10.0 Å². The molecule has 4 N–H and O–H groups in total. The van der Waals surface area contributed by atoms with Crippen molar-refractivity contribution in [3.8, 4) is 0 Å². The van der Waals surface area contributed by atoms with Gasteiger partial charge >= 0.3 is 6.18 Å². The SMILES string of the molecule is Cc1[nH]nc(C(=O)NCCCCC(F)(F)F)c1S(N)(=O)=O. The quantitative estimate of drug-likeness (QED) is 0.670. The van der Waals surface area contributed by atoms with E-state index in [2.05, 4.69) is 15.5 Å². The van der Waals surface area contributed by atoms with E-state index in [1.54, 1.807) is 0 Å². The number of carbonyl (C=O) groups is 1. The Morgan fingerprint density at radius 1 is 1.38 bits per heavy atom. The molecule has 0 unspecified atom stereocenters. The van der Waals surface area contributed by atoms with Crippen LogP contribution in [0.25, 0.3) is 0 Å². The molecule has 0 aliphatic rings. The number of alkyl halides is 3. The Kier molecular flexibility index (Phi) is 5.34. The highest BCUT2D eigenvalue weighted by molar-refractivity contribution is 7.89. The molecule has 0 atom stereocenters. The van der Waals surface area contributed by atoms with Crippen LogP contribution in [0.3, 0.4) is 0 Å². The number of unbranched alkanes of at least 4 members (excludes halogenated alkanes) is 1. The Morgan fingerprint density at radius 2 is 2.00 bits per heavy atom. The summed E-state index contributed by atoms with van der Waals surface area (Å²) in [7, 11) is -4.12. The van der Waals surface area contributed by atoms with Crippen molar-refractivity contribution in [2.24, 2.45) is 5.14 Å². The number of hydrogen-bond acceptors (Lipinski definition) is 4. The average Bonchev–Trinajstić information content (AvgIpc) is 2.68. The minimum Gasteiger partial charge on any atom is -0.351 e. The second-order valence-electron chi connectivity index (χ2n) is 4.40. The number of carbonyl (C=O) groups excluding carboxylic acids is 1. The molecular formula is C10H15F3N4O3S. The molecule has 1 aromatic heterocycles. The number of aromatic amines is 1. The predicted molar refractivity (Wildman–Crippen MR) is 66.9 cm³/mol. The number of aromatic nitrogens is 2. The van der Waals surface area contributed by atoms with Crippen LogP contribution in [-0.4, -0.2) is 37.2 Å². The van der Waals surface area contributed by atoms with Crippen LogP contribution in [0.2, 0.25) is 0 Å². The number of nitrogens with one attached hydrogen (secondary N) is 2. The molecule has 0 aliphatic carbocycles. The first-order chi connectivity index (χ1) is 9.52. The minimum atomic E-state index is -4.23. The molecule has 0 fully saturated rings. The summed E-state index contributed by atoms with van der Waals surface area (Å²) in [6.07, 6.45) is -5.19. The summed E-state index contributed by atoms with van der Waals surface area (Å²) in [5, 5.41) is 13.1. The van der Waals surface area contributed by atoms with Gasteiger partial charge in [-0.3, -0.25) is 9.89 Å². The number of halogens is 3. The van der Waals surface area contributed by atoms with E-state index in [-0.39, 0.29) is 25.1 Å². The van der Waals surface area contributed by atoms with Gasteiger partial charge in [0, 0.05) is 13.0 Å². The van der Waals surface area contributed by atoms with Gasteiger partial charge in [-0.2, -0.15) is 18.3 Å². The third-order valence-electron chi connectivity index (χ3n) is 2.56. The molecule has 1 aromatic rings. The summed E-state index contributed by atoms with van der Waals surface area (Å²) in [6, 6.07) is 0. The maximum atomic E-state index is 11.9. The zero-order valence-electron chi connectivity index (χ0n) is 11.1. The Balaban J connectivity index is 2.58. The number of amides is 1. The first kappa shape index (κ1) is 17.4. The normalized spacial score (nSPS) is 12.4. The van der Waals surface area contributed by atoms with Crippen molar-refractivity contribution in [1.82, 2.24) is 15.5 Å². The van der Waals surface area contributed by atoms with Crippen LogP contribution in [-0.2, 0) is 10.0 Å². The van der Waals surface area contributed by atoms with E-state index in [1.165, 1.54) is 6.92 Å². The summed E-state index contributed by atoms with van der Waals surface area (Å²) in [5.41, 5.74) is -0.287. The highest BCUT2D eigenvalue weighted by Gasteiger charge is 2.27. The van der Waals surface area contributed by atoms with Crippen LogP contribution in [0.5, 0.6) is 0 Å². The minimum absolute atomic E-state index is 0.0229. The smallest absolute Gasteiger partial charge is 0.351 e. The molecule has 11 heteroatoms. The van der Waals surface area contributed by atoms with Gasteiger partial charge in [-0.25, -0.2) is 13.6 Å². The Morgan fingerprint density at radius 3 is 2.52 bits per heavy atom. The molecular weight excluding hydrogens is 313 g/mol. The number of aryl methyl sites for hydroxylation is 1. The van der Waals surface area contributed by atoms with Crippen LogP contribution in [0.1, 0.15) is 35.4 Å². The van der Waals surface area contributed by atoms with Gasteiger partial charge in [0.05, 0.1) is 5.69 Å². The molecule has 120 valence electrons. The molecule has 0 saturated heterocycles. The number of nitrogens with two attached hydrogens (primary N) is 1. The van der Waals surface area contributed by atoms with E-state index in [9.17, 15) is 26.4 Å². The topological polar surface area (TPSA) is 118 Å². The zero-order chi connectivity index (χ0) is 16.3. The maximum Gasteiger partial charge on any atom is 0.389 e. The lowest BCUT2D eigenvalue weighted by Crippen LogP contribution is -2.27. The molecule has 1 amide bonds. The standard InChI is InChI=1S/C10H15F3N4O3S/c1-6-8(21(14,19)20)7(17-16-6)9(18)15-5-3-2-4-10(11,12)13/h2-5H2,1H3,(H,15,18)(H,16,17)(H2,14,19,20). The maximum absolute atomic E-state index is 11.9. The highest BCUT2D eigenvalue weighted by Crippen LogP contribution is 2.22. The molecule has 0 aliphatic heterocycles. The molecule has 0 radical (unpaired) electrons. The molecule has 1 heterocycles. The fourth-order valence-electron chi connectivity index (χ4n) is 1.66. The van der Waals surface area contributed by atoms with E-state index in [1.807, 2.05) is 0 Å². The van der Waals surface area contributed by atoms with Crippen LogP contribution >= 0.6 is 0 Å². The van der Waals surface area contributed by atoms with Crippen LogP contribution in [0, 0.1) is 6.92 Å². The number of rotatable bonds is 6. The first-order valence-electron chi connectivity index (χ1n) is 5.95. The van der Waals surface area contributed by atoms with Gasteiger partial charge in [0.25, 0.3) is 5.91 Å². The van der Waals surface area contributed by atoms with Crippen molar-refractivity contribution in [3.05, 3.63) is 11.4 Å². The number of sulfonamides is 1. The predicted octanol–water partition coefficient (Wildman–Crippen LogP) is 0.828. The van der Waals surface area contributed by atoms with Crippen molar-refractivity contribution in [2.75, 3.05) is 6.54 Å². The summed E-state index contributed by atoms with van der Waals surface area (Å²) in [6.45, 7) is 1.36. The van der Waals surface area contributed by atoms with E-state index in [0.717, 1.165) is 0 Å². The Hall–Kier alpha value is -1.62. The molecule has 0 bridgehead atoms. The lowest BCUT2D eigenvalue weighted by atomic mass is 10.2. The lowest BCUT2D eigenvalue weighted by molar-refractivity contribution is -0.135. The fourth-order valence-corrected chi connectivity index (χ4v) is 2.54. The van der Waals surface area contributed by atoms with Gasteiger partial charge in [0.15, 0.2) is 5.69 Å². The van der Waals surface area contributed by atoms with Gasteiger partial charge < -0.3 is 5.32 Å². The summed E-state index contributed by atoms with van der Waals surface area (Å²) < 4.78 is 58.4. The summed E-state index contributed by atoms with van der Waals surface area (Å²) >= 11 is 0. The first-order valence-corrected chi connectivity index (χ1v) is 7.49. The monoisotopic (exact) mass is 328 g/mol.